The first-order valence-corrected chi connectivity index (χ1v) is 7.66. The van der Waals surface area contributed by atoms with Crippen molar-refractivity contribution < 1.29 is 0 Å². The monoisotopic (exact) mass is 287 g/mol. The normalized spacial score (nSPS) is 11.0. The largest absolute Gasteiger partial charge is 0.309 e. The Kier molecular flexibility index (Phi) is 5.63. The quantitative estimate of drug-likeness (QED) is 0.750. The smallest absolute Gasteiger partial charge is 0.0474 e. The molecule has 2 aromatic carbocycles. The van der Waals surface area contributed by atoms with E-state index in [4.69, 9.17) is 11.6 Å². The van der Waals surface area contributed by atoms with Gasteiger partial charge in [0.15, 0.2) is 0 Å². The molecular formula is C18H22ClN. The highest BCUT2D eigenvalue weighted by Gasteiger charge is 1.99. The molecule has 0 fully saturated rings. The lowest BCUT2D eigenvalue weighted by atomic mass is 10.0. The van der Waals surface area contributed by atoms with Gasteiger partial charge in [-0.05, 0) is 28.2 Å². The number of benzene rings is 2. The molecule has 2 heteroatoms. The molecule has 0 aliphatic carbocycles. The zero-order valence-electron chi connectivity index (χ0n) is 12.2. The van der Waals surface area contributed by atoms with Gasteiger partial charge in [0.2, 0.25) is 0 Å². The first kappa shape index (κ1) is 15.1. The molecule has 0 aliphatic heterocycles. The van der Waals surface area contributed by atoms with Crippen LogP contribution in [-0.2, 0) is 19.0 Å². The Morgan fingerprint density at radius 3 is 2.20 bits per heavy atom. The van der Waals surface area contributed by atoms with E-state index in [0.29, 0.717) is 11.8 Å². The van der Waals surface area contributed by atoms with Gasteiger partial charge in [-0.3, -0.25) is 0 Å². The molecule has 0 heterocycles. The first-order chi connectivity index (χ1) is 9.69. The van der Waals surface area contributed by atoms with E-state index in [1.54, 1.807) is 0 Å². The second-order valence-corrected chi connectivity index (χ2v) is 5.72. The summed E-state index contributed by atoms with van der Waals surface area (Å²) in [5.41, 5.74) is 5.17. The topological polar surface area (TPSA) is 12.0 Å². The van der Waals surface area contributed by atoms with Crippen molar-refractivity contribution in [2.75, 3.05) is 0 Å². The molecule has 0 spiro atoms. The maximum absolute atomic E-state index is 5.85. The molecule has 0 bridgehead atoms. The summed E-state index contributed by atoms with van der Waals surface area (Å²) in [6.07, 6.45) is 0. The molecule has 20 heavy (non-hydrogen) atoms. The predicted octanol–water partition coefficient (Wildman–Crippen LogP) is 4.84. The van der Waals surface area contributed by atoms with Crippen LogP contribution in [0.5, 0.6) is 0 Å². The van der Waals surface area contributed by atoms with Crippen molar-refractivity contribution in [3.05, 3.63) is 70.8 Å². The molecule has 0 aromatic heterocycles. The fraction of sp³-hybridized carbons (Fsp3) is 0.333. The summed E-state index contributed by atoms with van der Waals surface area (Å²) >= 11 is 5.85. The minimum Gasteiger partial charge on any atom is -0.309 e. The fourth-order valence-electron chi connectivity index (χ4n) is 2.19. The van der Waals surface area contributed by atoms with Crippen molar-refractivity contribution in [2.45, 2.75) is 38.7 Å². The Morgan fingerprint density at radius 2 is 1.55 bits per heavy atom. The molecule has 0 aliphatic rings. The van der Waals surface area contributed by atoms with E-state index in [9.17, 15) is 0 Å². The van der Waals surface area contributed by atoms with Crippen molar-refractivity contribution in [1.29, 1.82) is 0 Å². The number of nitrogens with one attached hydrogen (secondary N) is 1. The van der Waals surface area contributed by atoms with Gasteiger partial charge in [-0.2, -0.15) is 0 Å². The Morgan fingerprint density at radius 1 is 0.900 bits per heavy atom. The lowest BCUT2D eigenvalue weighted by Gasteiger charge is -2.09. The highest BCUT2D eigenvalue weighted by molar-refractivity contribution is 6.17. The van der Waals surface area contributed by atoms with Crippen LogP contribution >= 0.6 is 11.6 Å². The van der Waals surface area contributed by atoms with Crippen LogP contribution in [0.4, 0.5) is 0 Å². The van der Waals surface area contributed by atoms with Crippen LogP contribution in [0.3, 0.4) is 0 Å². The Balaban J connectivity index is 1.86. The standard InChI is InChI=1S/C18H22ClN/c1-14(2)18-8-6-15(7-9-18)12-20-13-17-5-3-4-16(10-17)11-19/h3-10,14,20H,11-13H2,1-2H3. The van der Waals surface area contributed by atoms with Crippen molar-refractivity contribution in [3.8, 4) is 0 Å². The van der Waals surface area contributed by atoms with Gasteiger partial charge in [0.25, 0.3) is 0 Å². The lowest BCUT2D eigenvalue weighted by Crippen LogP contribution is -2.12. The van der Waals surface area contributed by atoms with E-state index in [0.717, 1.165) is 13.1 Å². The average molecular weight is 288 g/mol. The molecule has 0 atom stereocenters. The van der Waals surface area contributed by atoms with E-state index in [2.05, 4.69) is 67.7 Å². The molecule has 0 saturated heterocycles. The maximum atomic E-state index is 5.85. The van der Waals surface area contributed by atoms with E-state index < -0.39 is 0 Å². The number of rotatable bonds is 6. The minimum absolute atomic E-state index is 0.574. The van der Waals surface area contributed by atoms with Crippen molar-refractivity contribution in [1.82, 2.24) is 5.32 Å². The molecule has 2 rings (SSSR count). The first-order valence-electron chi connectivity index (χ1n) is 7.12. The summed E-state index contributed by atoms with van der Waals surface area (Å²) in [6, 6.07) is 17.3. The van der Waals surface area contributed by atoms with Gasteiger partial charge in [0.05, 0.1) is 0 Å². The molecule has 0 unspecified atom stereocenters. The zero-order chi connectivity index (χ0) is 14.4. The number of halogens is 1. The van der Waals surface area contributed by atoms with Gasteiger partial charge < -0.3 is 5.32 Å². The van der Waals surface area contributed by atoms with Gasteiger partial charge >= 0.3 is 0 Å². The fourth-order valence-corrected chi connectivity index (χ4v) is 2.36. The number of hydrogen-bond donors (Lipinski definition) is 1. The molecular weight excluding hydrogens is 266 g/mol. The molecule has 0 amide bonds. The van der Waals surface area contributed by atoms with Crippen LogP contribution in [0.2, 0.25) is 0 Å². The van der Waals surface area contributed by atoms with Crippen molar-refractivity contribution in [2.24, 2.45) is 0 Å². The summed E-state index contributed by atoms with van der Waals surface area (Å²) < 4.78 is 0. The maximum Gasteiger partial charge on any atom is 0.0474 e. The Labute approximate surface area is 127 Å². The molecule has 1 N–H and O–H groups in total. The molecule has 0 radical (unpaired) electrons. The van der Waals surface area contributed by atoms with E-state index in [-0.39, 0.29) is 0 Å². The van der Waals surface area contributed by atoms with Crippen LogP contribution in [0.15, 0.2) is 48.5 Å². The average Bonchev–Trinajstić information content (AvgIpc) is 2.48. The van der Waals surface area contributed by atoms with E-state index in [1.807, 2.05) is 0 Å². The van der Waals surface area contributed by atoms with Crippen molar-refractivity contribution in [3.63, 3.8) is 0 Å². The van der Waals surface area contributed by atoms with Crippen LogP contribution in [-0.4, -0.2) is 0 Å². The predicted molar refractivity (Wildman–Crippen MR) is 87.1 cm³/mol. The van der Waals surface area contributed by atoms with Gasteiger partial charge in [-0.1, -0.05) is 62.4 Å². The zero-order valence-corrected chi connectivity index (χ0v) is 13.0. The van der Waals surface area contributed by atoms with Gasteiger partial charge in [0.1, 0.15) is 0 Å². The van der Waals surface area contributed by atoms with Crippen LogP contribution in [0.1, 0.15) is 42.0 Å². The Bertz CT molecular complexity index is 531. The SMILES string of the molecule is CC(C)c1ccc(CNCc2cccc(CCl)c2)cc1. The number of hydrogen-bond acceptors (Lipinski definition) is 1. The molecule has 0 saturated carbocycles. The second-order valence-electron chi connectivity index (χ2n) is 5.45. The summed E-state index contributed by atoms with van der Waals surface area (Å²) in [4.78, 5) is 0. The third-order valence-corrected chi connectivity index (χ3v) is 3.76. The van der Waals surface area contributed by atoms with Gasteiger partial charge in [0, 0.05) is 19.0 Å². The van der Waals surface area contributed by atoms with Crippen LogP contribution in [0, 0.1) is 0 Å². The lowest BCUT2D eigenvalue weighted by molar-refractivity contribution is 0.692. The number of alkyl halides is 1. The van der Waals surface area contributed by atoms with Gasteiger partial charge in [-0.15, -0.1) is 11.6 Å². The van der Waals surface area contributed by atoms with Crippen LogP contribution < -0.4 is 5.32 Å². The van der Waals surface area contributed by atoms with E-state index >= 15 is 0 Å². The summed E-state index contributed by atoms with van der Waals surface area (Å²) in [5, 5.41) is 3.47. The van der Waals surface area contributed by atoms with Crippen LogP contribution in [0.25, 0.3) is 0 Å². The highest BCUT2D eigenvalue weighted by atomic mass is 35.5. The third-order valence-electron chi connectivity index (χ3n) is 3.45. The molecule has 1 nitrogen and oxygen atoms in total. The summed E-state index contributed by atoms with van der Waals surface area (Å²) in [5.74, 6) is 1.17. The third kappa shape index (κ3) is 4.36. The Hall–Kier alpha value is -1.31. The van der Waals surface area contributed by atoms with Gasteiger partial charge in [-0.25, -0.2) is 0 Å². The van der Waals surface area contributed by atoms with Crippen molar-refractivity contribution >= 4 is 11.6 Å². The summed E-state index contributed by atoms with van der Waals surface area (Å²) in [7, 11) is 0. The minimum atomic E-state index is 0.574. The molecule has 106 valence electrons. The van der Waals surface area contributed by atoms with E-state index in [1.165, 1.54) is 22.3 Å². The summed E-state index contributed by atoms with van der Waals surface area (Å²) in [6.45, 7) is 6.20. The highest BCUT2D eigenvalue weighted by Crippen LogP contribution is 2.14. The second kappa shape index (κ2) is 7.47. The molecule has 2 aromatic rings.